The van der Waals surface area contributed by atoms with Crippen LogP contribution in [0.1, 0.15) is 18.4 Å². The number of carbonyl (C=O) groups excluding carboxylic acids is 1. The number of hydrogen-bond acceptors (Lipinski definition) is 2. The lowest BCUT2D eigenvalue weighted by atomic mass is 9.73. The van der Waals surface area contributed by atoms with Gasteiger partial charge >= 0.3 is 5.97 Å². The van der Waals surface area contributed by atoms with E-state index in [0.717, 1.165) is 6.42 Å². The molecule has 112 valence electrons. The summed E-state index contributed by atoms with van der Waals surface area (Å²) in [7, 11) is 0. The lowest BCUT2D eigenvalue weighted by Crippen LogP contribution is -2.46. The van der Waals surface area contributed by atoms with Gasteiger partial charge in [-0.15, -0.1) is 6.58 Å². The molecule has 2 atom stereocenters. The standard InChI is InChI=1S/C17H21NO3/c1-2-11-18(12-10-13-6-4-3-5-7-13)16(19)14-8-9-15(14)17(20)21/h2-7,14-15H,1,8-12H2,(H,20,21). The van der Waals surface area contributed by atoms with E-state index in [9.17, 15) is 9.59 Å². The zero-order chi connectivity index (χ0) is 15.2. The van der Waals surface area contributed by atoms with Crippen molar-refractivity contribution in [3.63, 3.8) is 0 Å². The number of carboxylic acid groups (broad SMARTS) is 1. The molecule has 1 saturated carbocycles. The highest BCUT2D eigenvalue weighted by Crippen LogP contribution is 2.35. The van der Waals surface area contributed by atoms with E-state index in [4.69, 9.17) is 5.11 Å². The van der Waals surface area contributed by atoms with Crippen LogP contribution in [-0.2, 0) is 16.0 Å². The highest BCUT2D eigenvalue weighted by atomic mass is 16.4. The number of nitrogens with zero attached hydrogens (tertiary/aromatic N) is 1. The van der Waals surface area contributed by atoms with Crippen LogP contribution in [0.15, 0.2) is 43.0 Å². The molecule has 0 spiro atoms. The number of aliphatic carboxylic acids is 1. The van der Waals surface area contributed by atoms with Crippen molar-refractivity contribution in [3.8, 4) is 0 Å². The van der Waals surface area contributed by atoms with Gasteiger partial charge in [0.2, 0.25) is 5.91 Å². The maximum Gasteiger partial charge on any atom is 0.307 e. The molecule has 1 amide bonds. The van der Waals surface area contributed by atoms with E-state index < -0.39 is 11.9 Å². The Morgan fingerprint density at radius 3 is 2.43 bits per heavy atom. The molecule has 0 bridgehead atoms. The Morgan fingerprint density at radius 2 is 1.90 bits per heavy atom. The van der Waals surface area contributed by atoms with Crippen LogP contribution in [-0.4, -0.2) is 35.0 Å². The van der Waals surface area contributed by atoms with E-state index in [0.29, 0.717) is 25.9 Å². The van der Waals surface area contributed by atoms with Gasteiger partial charge in [-0.1, -0.05) is 36.4 Å². The van der Waals surface area contributed by atoms with Crippen molar-refractivity contribution in [1.82, 2.24) is 4.90 Å². The second-order valence-corrected chi connectivity index (χ2v) is 5.44. The predicted molar refractivity (Wildman–Crippen MR) is 80.8 cm³/mol. The first-order valence-corrected chi connectivity index (χ1v) is 7.30. The average molecular weight is 287 g/mol. The van der Waals surface area contributed by atoms with Crippen molar-refractivity contribution in [2.24, 2.45) is 11.8 Å². The molecule has 21 heavy (non-hydrogen) atoms. The summed E-state index contributed by atoms with van der Waals surface area (Å²) in [5, 5.41) is 9.08. The van der Waals surface area contributed by atoms with Crippen molar-refractivity contribution >= 4 is 11.9 Å². The molecule has 0 aromatic heterocycles. The maximum absolute atomic E-state index is 12.5. The van der Waals surface area contributed by atoms with Crippen LogP contribution in [0.3, 0.4) is 0 Å². The zero-order valence-electron chi connectivity index (χ0n) is 12.1. The zero-order valence-corrected chi connectivity index (χ0v) is 12.1. The van der Waals surface area contributed by atoms with Crippen molar-refractivity contribution in [2.75, 3.05) is 13.1 Å². The summed E-state index contributed by atoms with van der Waals surface area (Å²) in [6.45, 7) is 4.75. The monoisotopic (exact) mass is 287 g/mol. The number of hydrogen-bond donors (Lipinski definition) is 1. The second kappa shape index (κ2) is 7.07. The summed E-state index contributed by atoms with van der Waals surface area (Å²) in [5.41, 5.74) is 1.17. The highest BCUT2D eigenvalue weighted by molar-refractivity contribution is 5.86. The Balaban J connectivity index is 1.96. The number of benzene rings is 1. The molecular formula is C17H21NO3. The lowest BCUT2D eigenvalue weighted by Gasteiger charge is -2.36. The fourth-order valence-electron chi connectivity index (χ4n) is 2.68. The van der Waals surface area contributed by atoms with Crippen LogP contribution < -0.4 is 0 Å². The number of carboxylic acids is 1. The number of carbonyl (C=O) groups is 2. The third kappa shape index (κ3) is 3.72. The summed E-state index contributed by atoms with van der Waals surface area (Å²) in [6.07, 6.45) is 3.74. The summed E-state index contributed by atoms with van der Waals surface area (Å²) in [5.74, 6) is -1.79. The molecule has 0 heterocycles. The first-order chi connectivity index (χ1) is 10.1. The van der Waals surface area contributed by atoms with E-state index in [1.165, 1.54) is 5.56 Å². The Bertz CT molecular complexity index is 512. The van der Waals surface area contributed by atoms with Crippen LogP contribution >= 0.6 is 0 Å². The minimum absolute atomic E-state index is 0.0514. The molecule has 0 radical (unpaired) electrons. The summed E-state index contributed by atoms with van der Waals surface area (Å²) < 4.78 is 0. The minimum atomic E-state index is -0.860. The fourth-order valence-corrected chi connectivity index (χ4v) is 2.68. The first-order valence-electron chi connectivity index (χ1n) is 7.30. The molecule has 4 heteroatoms. The lowest BCUT2D eigenvalue weighted by molar-refractivity contribution is -0.156. The summed E-state index contributed by atoms with van der Waals surface area (Å²) in [6, 6.07) is 9.96. The largest absolute Gasteiger partial charge is 0.481 e. The number of rotatable bonds is 7. The van der Waals surface area contributed by atoms with Crippen molar-refractivity contribution in [3.05, 3.63) is 48.6 Å². The van der Waals surface area contributed by atoms with Crippen LogP contribution in [0, 0.1) is 11.8 Å². The normalized spacial score (nSPS) is 20.4. The Labute approximate surface area is 125 Å². The second-order valence-electron chi connectivity index (χ2n) is 5.44. The van der Waals surface area contributed by atoms with E-state index in [1.54, 1.807) is 11.0 Å². The predicted octanol–water partition coefficient (Wildman–Crippen LogP) is 2.35. The smallest absolute Gasteiger partial charge is 0.307 e. The summed E-state index contributed by atoms with van der Waals surface area (Å²) >= 11 is 0. The summed E-state index contributed by atoms with van der Waals surface area (Å²) in [4.78, 5) is 25.3. The quantitative estimate of drug-likeness (QED) is 0.783. The van der Waals surface area contributed by atoms with Gasteiger partial charge in [-0.2, -0.15) is 0 Å². The van der Waals surface area contributed by atoms with Gasteiger partial charge in [-0.05, 0) is 24.8 Å². The van der Waals surface area contributed by atoms with Crippen LogP contribution in [0.2, 0.25) is 0 Å². The molecule has 1 aliphatic carbocycles. The average Bonchev–Trinajstić information content (AvgIpc) is 2.42. The molecule has 2 unspecified atom stereocenters. The Morgan fingerprint density at radius 1 is 1.24 bits per heavy atom. The minimum Gasteiger partial charge on any atom is -0.481 e. The molecule has 1 N–H and O–H groups in total. The number of amides is 1. The molecule has 0 aliphatic heterocycles. The molecule has 2 rings (SSSR count). The van der Waals surface area contributed by atoms with Gasteiger partial charge in [-0.3, -0.25) is 9.59 Å². The molecule has 1 aromatic carbocycles. The van der Waals surface area contributed by atoms with E-state index in [2.05, 4.69) is 6.58 Å². The molecule has 4 nitrogen and oxygen atoms in total. The van der Waals surface area contributed by atoms with Gasteiger partial charge in [0.25, 0.3) is 0 Å². The SMILES string of the molecule is C=CCN(CCc1ccccc1)C(=O)C1CCC1C(=O)O. The van der Waals surface area contributed by atoms with Crippen LogP contribution in [0.25, 0.3) is 0 Å². The van der Waals surface area contributed by atoms with Crippen LogP contribution in [0.4, 0.5) is 0 Å². The van der Waals surface area contributed by atoms with Gasteiger partial charge in [0, 0.05) is 13.1 Å². The van der Waals surface area contributed by atoms with Gasteiger partial charge in [0.05, 0.1) is 11.8 Å². The van der Waals surface area contributed by atoms with E-state index in [1.807, 2.05) is 30.3 Å². The first kappa shape index (κ1) is 15.3. The molecular weight excluding hydrogens is 266 g/mol. The van der Waals surface area contributed by atoms with Gasteiger partial charge < -0.3 is 10.0 Å². The Hall–Kier alpha value is -2.10. The van der Waals surface area contributed by atoms with Crippen LogP contribution in [0.5, 0.6) is 0 Å². The van der Waals surface area contributed by atoms with Crippen molar-refractivity contribution < 1.29 is 14.7 Å². The van der Waals surface area contributed by atoms with Gasteiger partial charge in [0.1, 0.15) is 0 Å². The Kier molecular flexibility index (Phi) is 5.14. The third-order valence-electron chi connectivity index (χ3n) is 4.08. The van der Waals surface area contributed by atoms with E-state index >= 15 is 0 Å². The van der Waals surface area contributed by atoms with Gasteiger partial charge in [-0.25, -0.2) is 0 Å². The van der Waals surface area contributed by atoms with Gasteiger partial charge in [0.15, 0.2) is 0 Å². The molecule has 1 fully saturated rings. The van der Waals surface area contributed by atoms with Crippen molar-refractivity contribution in [2.45, 2.75) is 19.3 Å². The fraction of sp³-hybridized carbons (Fsp3) is 0.412. The highest BCUT2D eigenvalue weighted by Gasteiger charge is 2.42. The molecule has 1 aliphatic rings. The third-order valence-corrected chi connectivity index (χ3v) is 4.08. The molecule has 1 aromatic rings. The van der Waals surface area contributed by atoms with Crippen molar-refractivity contribution in [1.29, 1.82) is 0 Å². The molecule has 0 saturated heterocycles. The van der Waals surface area contributed by atoms with E-state index in [-0.39, 0.29) is 11.8 Å². The topological polar surface area (TPSA) is 57.6 Å². The maximum atomic E-state index is 12.5.